The molecule has 0 spiro atoms. The van der Waals surface area contributed by atoms with E-state index in [9.17, 15) is 4.79 Å². The van der Waals surface area contributed by atoms with Crippen LogP contribution < -0.4 is 14.8 Å². The molecule has 4 rings (SSSR count). The molecule has 2 aliphatic rings. The highest BCUT2D eigenvalue weighted by molar-refractivity contribution is 5.92. The van der Waals surface area contributed by atoms with Crippen LogP contribution >= 0.6 is 0 Å². The number of rotatable bonds is 6. The minimum absolute atomic E-state index is 0.121. The number of fused-ring (bicyclic) bond motifs is 1. The molecule has 1 fully saturated rings. The maximum Gasteiger partial charge on any atom is 0.338 e. The van der Waals surface area contributed by atoms with Crippen LogP contribution in [-0.4, -0.2) is 46.5 Å². The van der Waals surface area contributed by atoms with E-state index in [2.05, 4.69) is 41.6 Å². The van der Waals surface area contributed by atoms with Crippen molar-refractivity contribution in [1.29, 1.82) is 0 Å². The molecular weight excluding hydrogens is 422 g/mol. The summed E-state index contributed by atoms with van der Waals surface area (Å²) in [5.74, 6) is 2.65. The molecule has 1 N–H and O–H groups in total. The Kier molecular flexibility index (Phi) is 6.58. The average Bonchev–Trinajstić information content (AvgIpc) is 3.25. The smallest absolute Gasteiger partial charge is 0.338 e. The molecule has 1 aliphatic heterocycles. The first-order valence-corrected chi connectivity index (χ1v) is 11.5. The van der Waals surface area contributed by atoms with Crippen molar-refractivity contribution in [3.8, 4) is 11.5 Å². The van der Waals surface area contributed by atoms with Crippen LogP contribution in [-0.2, 0) is 9.53 Å². The van der Waals surface area contributed by atoms with Gasteiger partial charge in [-0.3, -0.25) is 0 Å². The van der Waals surface area contributed by atoms with Gasteiger partial charge in [-0.05, 0) is 66.1 Å². The zero-order chi connectivity index (χ0) is 23.7. The van der Waals surface area contributed by atoms with Crippen molar-refractivity contribution in [3.05, 3.63) is 35.0 Å². The number of allylic oxidation sites excluding steroid dienone is 1. The first-order valence-electron chi connectivity index (χ1n) is 11.5. The third-order valence-electron chi connectivity index (χ3n) is 6.89. The lowest BCUT2D eigenvalue weighted by molar-refractivity contribution is -0.151. The Morgan fingerprint density at radius 1 is 1.21 bits per heavy atom. The number of anilines is 1. The van der Waals surface area contributed by atoms with Crippen molar-refractivity contribution in [1.82, 2.24) is 20.2 Å². The van der Waals surface area contributed by atoms with Gasteiger partial charge in [0.15, 0.2) is 0 Å². The number of nitrogens with one attached hydrogen (secondary N) is 1. The lowest BCUT2D eigenvalue weighted by Crippen LogP contribution is -2.38. The normalized spacial score (nSPS) is 24.8. The highest BCUT2D eigenvalue weighted by Gasteiger charge is 2.40. The van der Waals surface area contributed by atoms with Crippen molar-refractivity contribution in [2.45, 2.75) is 59.1 Å². The van der Waals surface area contributed by atoms with E-state index in [0.29, 0.717) is 46.5 Å². The fourth-order valence-corrected chi connectivity index (χ4v) is 5.07. The van der Waals surface area contributed by atoms with Gasteiger partial charge in [0.2, 0.25) is 5.95 Å². The first kappa shape index (κ1) is 23.1. The average molecular weight is 456 g/mol. The zero-order valence-electron chi connectivity index (χ0n) is 20.2. The van der Waals surface area contributed by atoms with E-state index in [4.69, 9.17) is 14.2 Å². The largest absolute Gasteiger partial charge is 0.497 e. The fourth-order valence-electron chi connectivity index (χ4n) is 5.07. The number of hydrogen-bond donors (Lipinski definition) is 1. The van der Waals surface area contributed by atoms with Gasteiger partial charge in [-0.25, -0.2) is 4.79 Å². The molecule has 0 unspecified atom stereocenters. The quantitative estimate of drug-likeness (QED) is 0.653. The molecule has 4 atom stereocenters. The monoisotopic (exact) mass is 455 g/mol. The van der Waals surface area contributed by atoms with E-state index in [0.717, 1.165) is 24.8 Å². The molecule has 0 bridgehead atoms. The number of aromatic nitrogens is 4. The van der Waals surface area contributed by atoms with Crippen molar-refractivity contribution < 1.29 is 19.0 Å². The molecule has 33 heavy (non-hydrogen) atoms. The summed E-state index contributed by atoms with van der Waals surface area (Å²) in [5.41, 5.74) is 1.83. The van der Waals surface area contributed by atoms with Gasteiger partial charge < -0.3 is 19.5 Å². The lowest BCUT2D eigenvalue weighted by Gasteiger charge is -2.37. The van der Waals surface area contributed by atoms with Gasteiger partial charge in [0.1, 0.15) is 23.6 Å². The number of methoxy groups -OCH3 is 2. The Morgan fingerprint density at radius 3 is 2.70 bits per heavy atom. The number of ether oxygens (including phenoxy) is 3. The Hall–Kier alpha value is -3.10. The summed E-state index contributed by atoms with van der Waals surface area (Å²) in [6.07, 6.45) is 2.98. The molecule has 0 saturated heterocycles. The summed E-state index contributed by atoms with van der Waals surface area (Å²) < 4.78 is 18.9. The summed E-state index contributed by atoms with van der Waals surface area (Å²) in [6, 6.07) is 4.86. The minimum Gasteiger partial charge on any atom is -0.497 e. The Bertz CT molecular complexity index is 1050. The zero-order valence-corrected chi connectivity index (χ0v) is 20.2. The molecule has 178 valence electrons. The summed E-state index contributed by atoms with van der Waals surface area (Å²) >= 11 is 0. The molecule has 1 aliphatic carbocycles. The van der Waals surface area contributed by atoms with E-state index in [1.807, 2.05) is 25.1 Å². The SMILES string of the molecule is COc1ccc(OC)c([C@@H]2C(C(=O)O[C@@H]3C[C@H](C)CC[C@@H]3C(C)C)=C(C)Nc3nnnn32)c1. The number of esters is 1. The summed E-state index contributed by atoms with van der Waals surface area (Å²) in [4.78, 5) is 13.7. The minimum atomic E-state index is -0.618. The van der Waals surface area contributed by atoms with Crippen LogP contribution in [0.15, 0.2) is 29.5 Å². The summed E-state index contributed by atoms with van der Waals surface area (Å²) in [7, 11) is 3.20. The van der Waals surface area contributed by atoms with Crippen LogP contribution in [0.4, 0.5) is 5.95 Å². The molecule has 0 radical (unpaired) electrons. The van der Waals surface area contributed by atoms with Crippen LogP contribution in [0.3, 0.4) is 0 Å². The van der Waals surface area contributed by atoms with Crippen molar-refractivity contribution in [2.24, 2.45) is 17.8 Å². The molecule has 2 heterocycles. The highest BCUT2D eigenvalue weighted by atomic mass is 16.5. The second kappa shape index (κ2) is 9.41. The van der Waals surface area contributed by atoms with Crippen molar-refractivity contribution >= 4 is 11.9 Å². The third kappa shape index (κ3) is 4.41. The molecule has 0 amide bonds. The van der Waals surface area contributed by atoms with Gasteiger partial charge in [-0.15, -0.1) is 0 Å². The standard InChI is InChI=1S/C24H33N5O4/c1-13(2)17-9-7-14(3)11-20(17)33-23(30)21-15(4)25-24-26-27-28-29(24)22(21)18-12-16(31-5)8-10-19(18)32-6/h8,10,12-14,17,20,22H,7,9,11H2,1-6H3,(H,25,26,28)/t14-,17-,20-,22-/m1/s1. The van der Waals surface area contributed by atoms with Crippen molar-refractivity contribution in [3.63, 3.8) is 0 Å². The van der Waals surface area contributed by atoms with Crippen LogP contribution in [0.25, 0.3) is 0 Å². The Labute approximate surface area is 194 Å². The number of hydrogen-bond acceptors (Lipinski definition) is 8. The van der Waals surface area contributed by atoms with Gasteiger partial charge >= 0.3 is 5.97 Å². The number of benzene rings is 1. The third-order valence-corrected chi connectivity index (χ3v) is 6.89. The predicted molar refractivity (Wildman–Crippen MR) is 123 cm³/mol. The molecule has 1 saturated carbocycles. The van der Waals surface area contributed by atoms with Crippen molar-refractivity contribution in [2.75, 3.05) is 19.5 Å². The van der Waals surface area contributed by atoms with E-state index >= 15 is 0 Å². The first-order chi connectivity index (χ1) is 15.8. The second-order valence-corrected chi connectivity index (χ2v) is 9.39. The number of tetrazole rings is 1. The maximum absolute atomic E-state index is 13.7. The van der Waals surface area contributed by atoms with Gasteiger partial charge in [0, 0.05) is 11.3 Å². The number of nitrogens with zero attached hydrogens (tertiary/aromatic N) is 4. The number of carbonyl (C=O) groups is 1. The van der Waals surface area contributed by atoms with Gasteiger partial charge in [-0.1, -0.05) is 32.3 Å². The molecule has 9 nitrogen and oxygen atoms in total. The van der Waals surface area contributed by atoms with Crippen LogP contribution in [0.5, 0.6) is 11.5 Å². The second-order valence-electron chi connectivity index (χ2n) is 9.39. The Morgan fingerprint density at radius 2 is 2.00 bits per heavy atom. The molecule has 1 aromatic heterocycles. The van der Waals surface area contributed by atoms with E-state index in [1.165, 1.54) is 0 Å². The van der Waals surface area contributed by atoms with E-state index < -0.39 is 6.04 Å². The van der Waals surface area contributed by atoms with Gasteiger partial charge in [0.05, 0.1) is 19.8 Å². The fraction of sp³-hybridized carbons (Fsp3) is 0.583. The van der Waals surface area contributed by atoms with E-state index in [1.54, 1.807) is 18.9 Å². The summed E-state index contributed by atoms with van der Waals surface area (Å²) in [6.45, 7) is 8.47. The summed E-state index contributed by atoms with van der Waals surface area (Å²) in [5, 5.41) is 15.2. The molecule has 9 heteroatoms. The molecular formula is C24H33N5O4. The van der Waals surface area contributed by atoms with Crippen LogP contribution in [0.2, 0.25) is 0 Å². The number of carbonyl (C=O) groups excluding carboxylic acids is 1. The van der Waals surface area contributed by atoms with Gasteiger partial charge in [-0.2, -0.15) is 4.68 Å². The molecule has 1 aromatic carbocycles. The Balaban J connectivity index is 1.75. The maximum atomic E-state index is 13.7. The van der Waals surface area contributed by atoms with Crippen LogP contribution in [0, 0.1) is 17.8 Å². The lowest BCUT2D eigenvalue weighted by atomic mass is 9.75. The van der Waals surface area contributed by atoms with Crippen LogP contribution in [0.1, 0.15) is 58.6 Å². The van der Waals surface area contributed by atoms with E-state index in [-0.39, 0.29) is 12.1 Å². The topological polar surface area (TPSA) is 100 Å². The molecule has 2 aromatic rings. The predicted octanol–water partition coefficient (Wildman–Crippen LogP) is 3.98. The van der Waals surface area contributed by atoms with Gasteiger partial charge in [0.25, 0.3) is 0 Å². The highest BCUT2D eigenvalue weighted by Crippen LogP contribution is 2.42.